The van der Waals surface area contributed by atoms with Crippen molar-refractivity contribution in [3.05, 3.63) is 0 Å². The van der Waals surface area contributed by atoms with Crippen molar-refractivity contribution < 1.29 is 9.90 Å². The number of carbonyl (C=O) groups is 1. The van der Waals surface area contributed by atoms with Gasteiger partial charge in [0, 0.05) is 19.1 Å². The van der Waals surface area contributed by atoms with E-state index in [9.17, 15) is 4.79 Å². The van der Waals surface area contributed by atoms with Crippen molar-refractivity contribution in [1.82, 2.24) is 9.80 Å². The van der Waals surface area contributed by atoms with E-state index >= 15 is 0 Å². The van der Waals surface area contributed by atoms with Crippen LogP contribution in [0.15, 0.2) is 0 Å². The molecule has 1 aliphatic rings. The van der Waals surface area contributed by atoms with Crippen molar-refractivity contribution in [2.45, 2.75) is 19.0 Å². The summed E-state index contributed by atoms with van der Waals surface area (Å²) in [5, 5.41) is 8.69. The fourth-order valence-electron chi connectivity index (χ4n) is 1.29. The van der Waals surface area contributed by atoms with Gasteiger partial charge in [-0.3, -0.25) is 9.69 Å². The van der Waals surface area contributed by atoms with E-state index in [0.29, 0.717) is 6.04 Å². The molecule has 1 heterocycles. The van der Waals surface area contributed by atoms with Crippen LogP contribution in [0.1, 0.15) is 6.92 Å². The molecule has 0 saturated carbocycles. The third kappa shape index (κ3) is 1.76. The van der Waals surface area contributed by atoms with Gasteiger partial charge in [0.25, 0.3) is 0 Å². The summed E-state index contributed by atoms with van der Waals surface area (Å²) in [5.74, 6) is -0.729. The summed E-state index contributed by atoms with van der Waals surface area (Å²) in [6, 6.07) is 0.202. The highest BCUT2D eigenvalue weighted by molar-refractivity contribution is 5.73. The molecule has 0 aliphatic carbocycles. The quantitative estimate of drug-likeness (QED) is 0.635. The number of carboxylic acid groups (broad SMARTS) is 1. The molecule has 1 aliphatic heterocycles. The van der Waals surface area contributed by atoms with E-state index < -0.39 is 5.97 Å². The van der Waals surface area contributed by atoms with E-state index in [1.807, 2.05) is 19.0 Å². The highest BCUT2D eigenvalue weighted by Gasteiger charge is 2.34. The molecule has 0 aromatic carbocycles. The fourth-order valence-corrected chi connectivity index (χ4v) is 1.29. The lowest BCUT2D eigenvalue weighted by Gasteiger charge is -2.44. The van der Waals surface area contributed by atoms with Gasteiger partial charge in [0.1, 0.15) is 6.04 Å². The Balaban J connectivity index is 2.29. The van der Waals surface area contributed by atoms with Gasteiger partial charge in [-0.2, -0.15) is 0 Å². The lowest BCUT2D eigenvalue weighted by molar-refractivity contribution is -0.145. The molecule has 1 fully saturated rings. The van der Waals surface area contributed by atoms with Crippen LogP contribution in [0.25, 0.3) is 0 Å². The van der Waals surface area contributed by atoms with Crippen LogP contribution >= 0.6 is 0 Å². The Labute approximate surface area is 72.8 Å². The number of likely N-dealkylation sites (tertiary alicyclic amines) is 1. The van der Waals surface area contributed by atoms with E-state index in [0.717, 1.165) is 13.1 Å². The van der Waals surface area contributed by atoms with Gasteiger partial charge in [0.05, 0.1) is 0 Å². The summed E-state index contributed by atoms with van der Waals surface area (Å²) < 4.78 is 0. The number of aliphatic carboxylic acids is 1. The second kappa shape index (κ2) is 3.41. The maximum absolute atomic E-state index is 10.6. The Hall–Kier alpha value is -0.610. The topological polar surface area (TPSA) is 43.8 Å². The van der Waals surface area contributed by atoms with Gasteiger partial charge >= 0.3 is 5.97 Å². The van der Waals surface area contributed by atoms with Crippen LogP contribution in [-0.4, -0.2) is 60.1 Å². The van der Waals surface area contributed by atoms with Crippen LogP contribution in [0.4, 0.5) is 0 Å². The molecule has 1 saturated heterocycles. The Bertz CT molecular complexity index is 176. The number of carboxylic acids is 1. The van der Waals surface area contributed by atoms with Gasteiger partial charge in [-0.15, -0.1) is 0 Å². The first-order valence-corrected chi connectivity index (χ1v) is 4.15. The molecule has 4 nitrogen and oxygen atoms in total. The Morgan fingerprint density at radius 3 is 2.42 bits per heavy atom. The molecule has 1 rings (SSSR count). The van der Waals surface area contributed by atoms with Crippen molar-refractivity contribution in [3.8, 4) is 0 Å². The predicted octanol–water partition coefficient (Wildman–Crippen LogP) is -0.295. The van der Waals surface area contributed by atoms with E-state index in [-0.39, 0.29) is 6.04 Å². The summed E-state index contributed by atoms with van der Waals surface area (Å²) in [6.07, 6.45) is 0. The minimum absolute atomic E-state index is 0.332. The molecule has 0 amide bonds. The number of hydrogen-bond acceptors (Lipinski definition) is 3. The van der Waals surface area contributed by atoms with Gasteiger partial charge in [0.15, 0.2) is 0 Å². The maximum Gasteiger partial charge on any atom is 0.320 e. The Morgan fingerprint density at radius 2 is 2.08 bits per heavy atom. The van der Waals surface area contributed by atoms with Crippen LogP contribution in [0.3, 0.4) is 0 Å². The predicted molar refractivity (Wildman–Crippen MR) is 46.1 cm³/mol. The molecular weight excluding hydrogens is 156 g/mol. The monoisotopic (exact) mass is 172 g/mol. The molecular formula is C8H16N2O2. The molecule has 0 radical (unpaired) electrons. The van der Waals surface area contributed by atoms with Crippen molar-refractivity contribution in [1.29, 1.82) is 0 Å². The van der Waals surface area contributed by atoms with Gasteiger partial charge in [-0.05, 0) is 21.0 Å². The number of hydrogen-bond donors (Lipinski definition) is 1. The van der Waals surface area contributed by atoms with Crippen LogP contribution in [0, 0.1) is 0 Å². The summed E-state index contributed by atoms with van der Waals surface area (Å²) in [4.78, 5) is 14.7. The third-order valence-corrected chi connectivity index (χ3v) is 2.53. The van der Waals surface area contributed by atoms with Crippen molar-refractivity contribution >= 4 is 5.97 Å². The second-order valence-corrected chi connectivity index (χ2v) is 3.59. The first-order chi connectivity index (χ1) is 5.52. The Morgan fingerprint density at radius 1 is 1.58 bits per heavy atom. The number of rotatable bonds is 3. The zero-order valence-electron chi connectivity index (χ0n) is 7.82. The average molecular weight is 172 g/mol. The third-order valence-electron chi connectivity index (χ3n) is 2.53. The molecule has 0 spiro atoms. The molecule has 0 bridgehead atoms. The SMILES string of the molecule is CC(C(=O)O)N1CC(N(C)C)C1. The van der Waals surface area contributed by atoms with Gasteiger partial charge < -0.3 is 10.0 Å². The molecule has 70 valence electrons. The molecule has 12 heavy (non-hydrogen) atoms. The molecule has 4 heteroatoms. The lowest BCUT2D eigenvalue weighted by Crippen LogP contribution is -2.61. The van der Waals surface area contributed by atoms with Crippen LogP contribution in [0.5, 0.6) is 0 Å². The van der Waals surface area contributed by atoms with Crippen molar-refractivity contribution in [2.24, 2.45) is 0 Å². The second-order valence-electron chi connectivity index (χ2n) is 3.59. The summed E-state index contributed by atoms with van der Waals surface area (Å²) >= 11 is 0. The molecule has 1 N–H and O–H groups in total. The number of likely N-dealkylation sites (N-methyl/N-ethyl adjacent to an activating group) is 1. The summed E-state index contributed by atoms with van der Waals surface area (Å²) in [6.45, 7) is 3.48. The molecule has 0 aromatic heterocycles. The summed E-state index contributed by atoms with van der Waals surface area (Å²) in [7, 11) is 4.04. The first kappa shape index (κ1) is 9.48. The van der Waals surface area contributed by atoms with E-state index in [1.165, 1.54) is 0 Å². The zero-order valence-corrected chi connectivity index (χ0v) is 7.82. The minimum atomic E-state index is -0.729. The van der Waals surface area contributed by atoms with Crippen LogP contribution in [0.2, 0.25) is 0 Å². The van der Waals surface area contributed by atoms with Gasteiger partial charge in [-0.1, -0.05) is 0 Å². The van der Waals surface area contributed by atoms with E-state index in [2.05, 4.69) is 4.90 Å². The van der Waals surface area contributed by atoms with Gasteiger partial charge in [-0.25, -0.2) is 0 Å². The normalized spacial score (nSPS) is 22.3. The zero-order chi connectivity index (χ0) is 9.30. The standard InChI is InChI=1S/C8H16N2O2/c1-6(8(11)12)10-4-7(5-10)9(2)3/h6-7H,4-5H2,1-3H3,(H,11,12). The molecule has 1 atom stereocenters. The highest BCUT2D eigenvalue weighted by Crippen LogP contribution is 2.15. The van der Waals surface area contributed by atoms with E-state index in [1.54, 1.807) is 6.92 Å². The van der Waals surface area contributed by atoms with Crippen molar-refractivity contribution in [3.63, 3.8) is 0 Å². The van der Waals surface area contributed by atoms with Gasteiger partial charge in [0.2, 0.25) is 0 Å². The lowest BCUT2D eigenvalue weighted by atomic mass is 10.1. The van der Waals surface area contributed by atoms with E-state index in [4.69, 9.17) is 5.11 Å². The smallest absolute Gasteiger partial charge is 0.320 e. The van der Waals surface area contributed by atoms with Crippen LogP contribution < -0.4 is 0 Å². The largest absolute Gasteiger partial charge is 0.480 e. The average Bonchev–Trinajstić information content (AvgIpc) is 1.82. The first-order valence-electron chi connectivity index (χ1n) is 4.15. The maximum atomic E-state index is 10.6. The molecule has 1 unspecified atom stereocenters. The highest BCUT2D eigenvalue weighted by atomic mass is 16.4. The fraction of sp³-hybridized carbons (Fsp3) is 0.875. The van der Waals surface area contributed by atoms with Crippen LogP contribution in [-0.2, 0) is 4.79 Å². The number of nitrogens with zero attached hydrogens (tertiary/aromatic N) is 2. The Kier molecular flexibility index (Phi) is 2.69. The summed E-state index contributed by atoms with van der Waals surface area (Å²) in [5.41, 5.74) is 0. The molecule has 0 aromatic rings. The van der Waals surface area contributed by atoms with Crippen molar-refractivity contribution in [2.75, 3.05) is 27.2 Å². The minimum Gasteiger partial charge on any atom is -0.480 e.